The van der Waals surface area contributed by atoms with E-state index < -0.39 is 9.84 Å². The second kappa shape index (κ2) is 8.05. The number of halogens is 1. The smallest absolute Gasteiger partial charge is 0.223 e. The maximum Gasteiger partial charge on any atom is 0.223 e. The number of amides is 1. The van der Waals surface area contributed by atoms with Crippen molar-refractivity contribution in [1.29, 1.82) is 0 Å². The fourth-order valence-corrected chi connectivity index (χ4v) is 4.41. The fraction of sp³-hybridized carbons (Fsp3) is 0.333. The van der Waals surface area contributed by atoms with Crippen LogP contribution in [0.25, 0.3) is 0 Å². The Kier molecular flexibility index (Phi) is 5.78. The summed E-state index contributed by atoms with van der Waals surface area (Å²) in [4.78, 5) is 20.7. The predicted molar refractivity (Wildman–Crippen MR) is 101 cm³/mol. The SMILES string of the molecule is O=C(CCS(=O)(=O)c1cccc(Cl)c1)N1CCN(c2ccccn2)CC1. The Morgan fingerprint density at radius 3 is 2.50 bits per heavy atom. The quantitative estimate of drug-likeness (QED) is 0.779. The molecule has 0 aliphatic carbocycles. The van der Waals surface area contributed by atoms with Crippen molar-refractivity contribution in [3.8, 4) is 0 Å². The highest BCUT2D eigenvalue weighted by Crippen LogP contribution is 2.18. The molecule has 0 atom stereocenters. The first-order chi connectivity index (χ1) is 12.5. The number of piperazine rings is 1. The van der Waals surface area contributed by atoms with Gasteiger partial charge in [-0.2, -0.15) is 0 Å². The van der Waals surface area contributed by atoms with Crippen molar-refractivity contribution < 1.29 is 13.2 Å². The molecule has 1 aromatic heterocycles. The molecular formula is C18H20ClN3O3S. The second-order valence-corrected chi connectivity index (χ2v) is 8.63. The van der Waals surface area contributed by atoms with Gasteiger partial charge in [0.1, 0.15) is 5.82 Å². The average molecular weight is 394 g/mol. The third-order valence-corrected chi connectivity index (χ3v) is 6.29. The van der Waals surface area contributed by atoms with Crippen LogP contribution >= 0.6 is 11.6 Å². The molecule has 26 heavy (non-hydrogen) atoms. The molecule has 0 N–H and O–H groups in total. The van der Waals surface area contributed by atoms with Crippen molar-refractivity contribution in [2.45, 2.75) is 11.3 Å². The average Bonchev–Trinajstić information content (AvgIpc) is 2.67. The van der Waals surface area contributed by atoms with E-state index in [0.717, 1.165) is 5.82 Å². The van der Waals surface area contributed by atoms with Crippen molar-refractivity contribution in [3.63, 3.8) is 0 Å². The van der Waals surface area contributed by atoms with Gasteiger partial charge in [-0.3, -0.25) is 4.79 Å². The molecule has 6 nitrogen and oxygen atoms in total. The zero-order valence-electron chi connectivity index (χ0n) is 14.2. The van der Waals surface area contributed by atoms with Gasteiger partial charge in [0.15, 0.2) is 9.84 Å². The highest BCUT2D eigenvalue weighted by molar-refractivity contribution is 7.91. The molecular weight excluding hydrogens is 374 g/mol. The van der Waals surface area contributed by atoms with E-state index in [1.165, 1.54) is 12.1 Å². The van der Waals surface area contributed by atoms with E-state index in [1.807, 2.05) is 18.2 Å². The largest absolute Gasteiger partial charge is 0.353 e. The molecule has 1 fully saturated rings. The van der Waals surface area contributed by atoms with Crippen molar-refractivity contribution in [3.05, 3.63) is 53.7 Å². The molecule has 1 aliphatic rings. The van der Waals surface area contributed by atoms with Crippen molar-refractivity contribution in [2.24, 2.45) is 0 Å². The van der Waals surface area contributed by atoms with E-state index in [1.54, 1.807) is 23.2 Å². The topological polar surface area (TPSA) is 70.6 Å². The van der Waals surface area contributed by atoms with Gasteiger partial charge in [-0.05, 0) is 30.3 Å². The van der Waals surface area contributed by atoms with Gasteiger partial charge in [-0.25, -0.2) is 13.4 Å². The predicted octanol–water partition coefficient (Wildman–Crippen LogP) is 2.25. The molecule has 138 valence electrons. The molecule has 0 unspecified atom stereocenters. The Morgan fingerprint density at radius 1 is 1.08 bits per heavy atom. The summed E-state index contributed by atoms with van der Waals surface area (Å²) in [5.74, 6) is 0.534. The lowest BCUT2D eigenvalue weighted by Gasteiger charge is -2.35. The minimum atomic E-state index is -3.52. The van der Waals surface area contributed by atoms with Gasteiger partial charge in [0.25, 0.3) is 0 Å². The molecule has 0 bridgehead atoms. The molecule has 1 aromatic carbocycles. The fourth-order valence-electron chi connectivity index (χ4n) is 2.88. The summed E-state index contributed by atoms with van der Waals surface area (Å²) in [6, 6.07) is 11.9. The molecule has 1 saturated heterocycles. The minimum absolute atomic E-state index is 0.0293. The van der Waals surface area contributed by atoms with Crippen LogP contribution in [0, 0.1) is 0 Å². The number of hydrogen-bond acceptors (Lipinski definition) is 5. The van der Waals surface area contributed by atoms with Crippen LogP contribution < -0.4 is 4.90 Å². The zero-order chi connectivity index (χ0) is 18.6. The minimum Gasteiger partial charge on any atom is -0.353 e. The highest BCUT2D eigenvalue weighted by atomic mass is 35.5. The summed E-state index contributed by atoms with van der Waals surface area (Å²) in [7, 11) is -3.52. The first kappa shape index (κ1) is 18.7. The maximum absolute atomic E-state index is 12.4. The lowest BCUT2D eigenvalue weighted by molar-refractivity contribution is -0.131. The number of pyridine rings is 1. The summed E-state index contributed by atoms with van der Waals surface area (Å²) in [6.07, 6.45) is 1.71. The van der Waals surface area contributed by atoms with Gasteiger partial charge in [0.2, 0.25) is 5.91 Å². The molecule has 0 spiro atoms. The Hall–Kier alpha value is -2.12. The molecule has 1 amide bonds. The normalized spacial score (nSPS) is 15.1. The van der Waals surface area contributed by atoms with E-state index >= 15 is 0 Å². The van der Waals surface area contributed by atoms with Crippen LogP contribution in [0.2, 0.25) is 5.02 Å². The van der Waals surface area contributed by atoms with Gasteiger partial charge in [0, 0.05) is 43.8 Å². The van der Waals surface area contributed by atoms with Gasteiger partial charge >= 0.3 is 0 Å². The van der Waals surface area contributed by atoms with Gasteiger partial charge in [0.05, 0.1) is 10.6 Å². The van der Waals surface area contributed by atoms with E-state index in [0.29, 0.717) is 31.2 Å². The van der Waals surface area contributed by atoms with Crippen LogP contribution in [-0.2, 0) is 14.6 Å². The van der Waals surface area contributed by atoms with Crippen molar-refractivity contribution in [2.75, 3.05) is 36.8 Å². The first-order valence-electron chi connectivity index (χ1n) is 8.38. The summed E-state index contributed by atoms with van der Waals surface area (Å²) < 4.78 is 24.7. The van der Waals surface area contributed by atoms with Gasteiger partial charge in [-0.15, -0.1) is 0 Å². The van der Waals surface area contributed by atoms with E-state index in [4.69, 9.17) is 11.6 Å². The monoisotopic (exact) mass is 393 g/mol. The molecule has 2 heterocycles. The Balaban J connectivity index is 1.53. The number of anilines is 1. The number of benzene rings is 1. The lowest BCUT2D eigenvalue weighted by Crippen LogP contribution is -2.49. The summed E-state index contributed by atoms with van der Waals surface area (Å²) in [5, 5.41) is 0.364. The van der Waals surface area contributed by atoms with E-state index in [-0.39, 0.29) is 23.0 Å². The number of aromatic nitrogens is 1. The van der Waals surface area contributed by atoms with Crippen LogP contribution in [0.15, 0.2) is 53.6 Å². The highest BCUT2D eigenvalue weighted by Gasteiger charge is 2.24. The second-order valence-electron chi connectivity index (χ2n) is 6.08. The molecule has 3 rings (SSSR count). The van der Waals surface area contributed by atoms with Crippen LogP contribution in [0.5, 0.6) is 0 Å². The lowest BCUT2D eigenvalue weighted by atomic mass is 10.3. The third-order valence-electron chi connectivity index (χ3n) is 4.35. The Labute approximate surface area is 158 Å². The molecule has 0 radical (unpaired) electrons. The molecule has 1 aliphatic heterocycles. The Morgan fingerprint density at radius 2 is 1.85 bits per heavy atom. The number of nitrogens with zero attached hydrogens (tertiary/aromatic N) is 3. The standard InChI is InChI=1S/C18H20ClN3O3S/c19-15-4-3-5-16(14-15)26(24,25)13-7-18(23)22-11-9-21(10-12-22)17-6-1-2-8-20-17/h1-6,8,14H,7,9-13H2. The number of rotatable bonds is 5. The number of sulfone groups is 1. The Bertz CT molecular complexity index is 866. The number of carbonyl (C=O) groups excluding carboxylic acids is 1. The first-order valence-corrected chi connectivity index (χ1v) is 10.4. The zero-order valence-corrected chi connectivity index (χ0v) is 15.8. The van der Waals surface area contributed by atoms with Crippen LogP contribution in [-0.4, -0.2) is 56.1 Å². The van der Waals surface area contributed by atoms with Crippen LogP contribution in [0.1, 0.15) is 6.42 Å². The summed E-state index contributed by atoms with van der Waals surface area (Å²) in [6.45, 7) is 2.49. The molecule has 8 heteroatoms. The third kappa shape index (κ3) is 4.53. The molecule has 2 aromatic rings. The van der Waals surface area contributed by atoms with Crippen LogP contribution in [0.3, 0.4) is 0 Å². The summed E-state index contributed by atoms with van der Waals surface area (Å²) in [5.41, 5.74) is 0. The molecule has 0 saturated carbocycles. The van der Waals surface area contributed by atoms with E-state index in [2.05, 4.69) is 9.88 Å². The van der Waals surface area contributed by atoms with E-state index in [9.17, 15) is 13.2 Å². The summed E-state index contributed by atoms with van der Waals surface area (Å²) >= 11 is 5.85. The van der Waals surface area contributed by atoms with Gasteiger partial charge < -0.3 is 9.80 Å². The maximum atomic E-state index is 12.4. The van der Waals surface area contributed by atoms with Crippen LogP contribution in [0.4, 0.5) is 5.82 Å². The van der Waals surface area contributed by atoms with Crippen molar-refractivity contribution >= 4 is 33.2 Å². The van der Waals surface area contributed by atoms with Gasteiger partial charge in [-0.1, -0.05) is 23.7 Å². The number of hydrogen-bond donors (Lipinski definition) is 0. The number of carbonyl (C=O) groups is 1. The van der Waals surface area contributed by atoms with Crippen molar-refractivity contribution in [1.82, 2.24) is 9.88 Å².